The van der Waals surface area contributed by atoms with Crippen LogP contribution >= 0.6 is 0 Å². The van der Waals surface area contributed by atoms with Gasteiger partial charge in [0.2, 0.25) is 5.91 Å². The van der Waals surface area contributed by atoms with Crippen molar-refractivity contribution >= 4 is 17.4 Å². The number of piperidine rings is 1. The molecular formula is C19H27N3O2. The third-order valence-corrected chi connectivity index (χ3v) is 5.73. The summed E-state index contributed by atoms with van der Waals surface area (Å²) in [6.45, 7) is 2.12. The monoisotopic (exact) mass is 329 g/mol. The Balaban J connectivity index is 1.32. The summed E-state index contributed by atoms with van der Waals surface area (Å²) < 4.78 is 6.13. The Morgan fingerprint density at radius 1 is 1.25 bits per heavy atom. The second-order valence-corrected chi connectivity index (χ2v) is 7.52. The summed E-state index contributed by atoms with van der Waals surface area (Å²) in [5.41, 5.74) is 0.968. The average molecular weight is 329 g/mol. The van der Waals surface area contributed by atoms with Gasteiger partial charge < -0.3 is 15.0 Å². The highest BCUT2D eigenvalue weighted by Gasteiger charge is 2.45. The van der Waals surface area contributed by atoms with Gasteiger partial charge in [0.1, 0.15) is 5.82 Å². The lowest BCUT2D eigenvalue weighted by Gasteiger charge is -2.37. The molecule has 3 heterocycles. The standard InChI is InChI=1S/C19H27N3O2/c23-18(14-16-5-9-19(24-16)7-4-8-19)21-15-6-10-20-17(13-15)22-11-2-1-3-12-22/h6,10,13,16H,1-5,7-9,11-12,14H2,(H,20,21,23). The summed E-state index contributed by atoms with van der Waals surface area (Å²) in [6.07, 6.45) is 11.8. The molecule has 1 aromatic rings. The molecule has 0 radical (unpaired) electrons. The third kappa shape index (κ3) is 3.41. The third-order valence-electron chi connectivity index (χ3n) is 5.73. The lowest BCUT2D eigenvalue weighted by atomic mass is 9.78. The summed E-state index contributed by atoms with van der Waals surface area (Å²) >= 11 is 0. The summed E-state index contributed by atoms with van der Waals surface area (Å²) in [5, 5.41) is 3.03. The number of hydrogen-bond donors (Lipinski definition) is 1. The van der Waals surface area contributed by atoms with E-state index in [4.69, 9.17) is 4.74 Å². The van der Waals surface area contributed by atoms with E-state index in [2.05, 4.69) is 15.2 Å². The zero-order valence-electron chi connectivity index (χ0n) is 14.3. The van der Waals surface area contributed by atoms with Gasteiger partial charge in [-0.2, -0.15) is 0 Å². The molecule has 3 fully saturated rings. The largest absolute Gasteiger partial charge is 0.371 e. The number of nitrogens with zero attached hydrogens (tertiary/aromatic N) is 2. The molecule has 5 nitrogen and oxygen atoms in total. The maximum atomic E-state index is 12.3. The van der Waals surface area contributed by atoms with Gasteiger partial charge in [-0.15, -0.1) is 0 Å². The highest BCUT2D eigenvalue weighted by molar-refractivity contribution is 5.91. The molecule has 1 amide bonds. The van der Waals surface area contributed by atoms with Crippen molar-refractivity contribution in [2.45, 2.75) is 69.5 Å². The lowest BCUT2D eigenvalue weighted by Crippen LogP contribution is -2.37. The van der Waals surface area contributed by atoms with E-state index >= 15 is 0 Å². The van der Waals surface area contributed by atoms with Crippen LogP contribution in [-0.4, -0.2) is 35.7 Å². The van der Waals surface area contributed by atoms with Crippen LogP contribution in [0, 0.1) is 0 Å². The van der Waals surface area contributed by atoms with Gasteiger partial charge in [0.15, 0.2) is 0 Å². The summed E-state index contributed by atoms with van der Waals surface area (Å²) in [6, 6.07) is 3.86. The van der Waals surface area contributed by atoms with Crippen molar-refractivity contribution in [3.05, 3.63) is 18.3 Å². The van der Waals surface area contributed by atoms with Crippen LogP contribution < -0.4 is 10.2 Å². The number of pyridine rings is 1. The maximum Gasteiger partial charge on any atom is 0.226 e. The molecule has 24 heavy (non-hydrogen) atoms. The normalized spacial score (nSPS) is 25.5. The molecule has 2 saturated heterocycles. The fourth-order valence-electron chi connectivity index (χ4n) is 4.19. The topological polar surface area (TPSA) is 54.5 Å². The van der Waals surface area contributed by atoms with Gasteiger partial charge in [-0.3, -0.25) is 4.79 Å². The molecule has 130 valence electrons. The molecule has 4 rings (SSSR count). The van der Waals surface area contributed by atoms with Crippen molar-refractivity contribution in [3.63, 3.8) is 0 Å². The van der Waals surface area contributed by atoms with Crippen LogP contribution in [0.4, 0.5) is 11.5 Å². The van der Waals surface area contributed by atoms with Crippen LogP contribution in [0.5, 0.6) is 0 Å². The number of carbonyl (C=O) groups is 1. The minimum atomic E-state index is 0.0483. The lowest BCUT2D eigenvalue weighted by molar-refractivity contribution is -0.124. The predicted octanol–water partition coefficient (Wildman–Crippen LogP) is 3.50. The average Bonchev–Trinajstić information content (AvgIpc) is 3.00. The van der Waals surface area contributed by atoms with Crippen LogP contribution in [-0.2, 0) is 9.53 Å². The Bertz CT molecular complexity index is 594. The summed E-state index contributed by atoms with van der Waals surface area (Å²) in [4.78, 5) is 19.1. The van der Waals surface area contributed by atoms with Crippen molar-refractivity contribution in [1.82, 2.24) is 4.98 Å². The van der Waals surface area contributed by atoms with E-state index in [0.717, 1.165) is 37.4 Å². The van der Waals surface area contributed by atoms with Crippen LogP contribution in [0.2, 0.25) is 0 Å². The van der Waals surface area contributed by atoms with Crippen LogP contribution in [0.15, 0.2) is 18.3 Å². The van der Waals surface area contributed by atoms with Gasteiger partial charge >= 0.3 is 0 Å². The molecule has 1 atom stereocenters. The minimum absolute atomic E-state index is 0.0483. The molecule has 1 aliphatic carbocycles. The molecule has 1 spiro atoms. The van der Waals surface area contributed by atoms with Crippen LogP contribution in [0.3, 0.4) is 0 Å². The first kappa shape index (κ1) is 15.9. The molecule has 1 N–H and O–H groups in total. The van der Waals surface area contributed by atoms with Gasteiger partial charge in [-0.25, -0.2) is 4.98 Å². The van der Waals surface area contributed by atoms with E-state index in [9.17, 15) is 4.79 Å². The fourth-order valence-corrected chi connectivity index (χ4v) is 4.19. The Hall–Kier alpha value is -1.62. The van der Waals surface area contributed by atoms with Crippen LogP contribution in [0.1, 0.15) is 57.8 Å². The number of amides is 1. The number of aromatic nitrogens is 1. The first-order chi connectivity index (χ1) is 11.7. The quantitative estimate of drug-likeness (QED) is 0.918. The highest BCUT2D eigenvalue weighted by Crippen LogP contribution is 2.46. The fraction of sp³-hybridized carbons (Fsp3) is 0.684. The van der Waals surface area contributed by atoms with E-state index < -0.39 is 0 Å². The van der Waals surface area contributed by atoms with E-state index in [1.807, 2.05) is 12.1 Å². The van der Waals surface area contributed by atoms with Crippen molar-refractivity contribution in [2.75, 3.05) is 23.3 Å². The second kappa shape index (κ2) is 6.71. The smallest absolute Gasteiger partial charge is 0.226 e. The molecule has 0 bridgehead atoms. The zero-order valence-corrected chi connectivity index (χ0v) is 14.3. The first-order valence-corrected chi connectivity index (χ1v) is 9.41. The summed E-state index contributed by atoms with van der Waals surface area (Å²) in [7, 11) is 0. The van der Waals surface area contributed by atoms with E-state index in [1.54, 1.807) is 6.20 Å². The van der Waals surface area contributed by atoms with Crippen molar-refractivity contribution in [1.29, 1.82) is 0 Å². The number of carbonyl (C=O) groups excluding carboxylic acids is 1. The molecule has 1 saturated carbocycles. The molecule has 1 aromatic heterocycles. The molecule has 0 aromatic carbocycles. The highest BCUT2D eigenvalue weighted by atomic mass is 16.5. The van der Waals surface area contributed by atoms with Gasteiger partial charge in [0.25, 0.3) is 0 Å². The molecule has 3 aliphatic rings. The first-order valence-electron chi connectivity index (χ1n) is 9.41. The number of ether oxygens (including phenoxy) is 1. The number of rotatable bonds is 4. The van der Waals surface area contributed by atoms with E-state index in [1.165, 1.54) is 38.5 Å². The molecule has 1 unspecified atom stereocenters. The summed E-state index contributed by atoms with van der Waals surface area (Å²) in [5.74, 6) is 1.02. The zero-order chi connectivity index (χ0) is 16.4. The minimum Gasteiger partial charge on any atom is -0.371 e. The van der Waals surface area contributed by atoms with Gasteiger partial charge in [-0.1, -0.05) is 0 Å². The molecular weight excluding hydrogens is 302 g/mol. The van der Waals surface area contributed by atoms with Gasteiger partial charge in [0.05, 0.1) is 18.1 Å². The Kier molecular flexibility index (Phi) is 4.44. The van der Waals surface area contributed by atoms with Crippen molar-refractivity contribution < 1.29 is 9.53 Å². The van der Waals surface area contributed by atoms with Crippen molar-refractivity contribution in [2.24, 2.45) is 0 Å². The maximum absolute atomic E-state index is 12.3. The van der Waals surface area contributed by atoms with Gasteiger partial charge in [0, 0.05) is 31.0 Å². The number of anilines is 2. The van der Waals surface area contributed by atoms with Gasteiger partial charge in [-0.05, 0) is 57.4 Å². The van der Waals surface area contributed by atoms with E-state index in [-0.39, 0.29) is 17.6 Å². The molecule has 2 aliphatic heterocycles. The SMILES string of the molecule is O=C(CC1CCC2(CCC2)O1)Nc1ccnc(N2CCCCC2)c1. The second-order valence-electron chi connectivity index (χ2n) is 7.52. The Labute approximate surface area is 143 Å². The number of hydrogen-bond acceptors (Lipinski definition) is 4. The van der Waals surface area contributed by atoms with Crippen molar-refractivity contribution in [3.8, 4) is 0 Å². The Morgan fingerprint density at radius 2 is 2.08 bits per heavy atom. The Morgan fingerprint density at radius 3 is 2.79 bits per heavy atom. The predicted molar refractivity (Wildman–Crippen MR) is 94.2 cm³/mol. The van der Waals surface area contributed by atoms with E-state index in [0.29, 0.717) is 6.42 Å². The molecule has 5 heteroatoms. The van der Waals surface area contributed by atoms with Crippen LogP contribution in [0.25, 0.3) is 0 Å². The number of nitrogens with one attached hydrogen (secondary N) is 1.